The highest BCUT2D eigenvalue weighted by molar-refractivity contribution is 8.01. The van der Waals surface area contributed by atoms with Gasteiger partial charge in [0.2, 0.25) is 11.8 Å². The first-order valence-corrected chi connectivity index (χ1v) is 9.08. The van der Waals surface area contributed by atoms with Crippen LogP contribution >= 0.6 is 23.5 Å². The number of hydrogen-bond acceptors (Lipinski definition) is 4. The largest absolute Gasteiger partial charge is 0.351 e. The maximum absolute atomic E-state index is 12.4. The summed E-state index contributed by atoms with van der Waals surface area (Å²) in [5.74, 6) is 3.21. The molecule has 19 heavy (non-hydrogen) atoms. The van der Waals surface area contributed by atoms with Gasteiger partial charge in [0, 0.05) is 18.2 Å². The first-order valence-electron chi connectivity index (χ1n) is 6.94. The minimum atomic E-state index is -0.250. The van der Waals surface area contributed by atoms with E-state index in [9.17, 15) is 9.59 Å². The second-order valence-corrected chi connectivity index (χ2v) is 8.39. The predicted octanol–water partition coefficient (Wildman–Crippen LogP) is 1.45. The van der Waals surface area contributed by atoms with Gasteiger partial charge < -0.3 is 10.2 Å². The van der Waals surface area contributed by atoms with Gasteiger partial charge in [-0.1, -0.05) is 0 Å². The average molecular weight is 300 g/mol. The molecule has 3 fully saturated rings. The Labute approximate surface area is 122 Å². The Morgan fingerprint density at radius 2 is 2.16 bits per heavy atom. The number of nitrogens with one attached hydrogen (secondary N) is 1. The van der Waals surface area contributed by atoms with Crippen molar-refractivity contribution in [3.05, 3.63) is 0 Å². The molecule has 3 aliphatic heterocycles. The van der Waals surface area contributed by atoms with Gasteiger partial charge in [0.15, 0.2) is 0 Å². The van der Waals surface area contributed by atoms with Crippen LogP contribution in [-0.2, 0) is 9.59 Å². The molecule has 3 aliphatic rings. The minimum absolute atomic E-state index is 0.0587. The Balaban J connectivity index is 1.65. The molecule has 0 aromatic rings. The van der Waals surface area contributed by atoms with E-state index in [2.05, 4.69) is 12.2 Å². The summed E-state index contributed by atoms with van der Waals surface area (Å²) in [5.41, 5.74) is 0. The summed E-state index contributed by atoms with van der Waals surface area (Å²) in [4.78, 5) is 26.1. The maximum atomic E-state index is 12.4. The van der Waals surface area contributed by atoms with Crippen LogP contribution in [0.1, 0.15) is 32.6 Å². The predicted molar refractivity (Wildman–Crippen MR) is 79.2 cm³/mol. The van der Waals surface area contributed by atoms with Gasteiger partial charge in [-0.25, -0.2) is 0 Å². The summed E-state index contributed by atoms with van der Waals surface area (Å²) in [7, 11) is 0. The first kappa shape index (κ1) is 13.6. The quantitative estimate of drug-likeness (QED) is 0.838. The fourth-order valence-corrected chi connectivity index (χ4v) is 5.69. The molecule has 0 aromatic heterocycles. The third kappa shape index (κ3) is 2.49. The molecule has 2 amide bonds. The highest BCUT2D eigenvalue weighted by atomic mass is 32.2. The number of thioether (sulfide) groups is 2. The standard InChI is InChI=1S/C13H20N2O2S2/c1-13-5-2-11(16)15(13)10(8-19-13)12(17)14-9-3-6-18-7-4-9/h9-10H,2-8H2,1H3,(H,14,17). The van der Waals surface area contributed by atoms with E-state index < -0.39 is 0 Å². The fourth-order valence-electron chi connectivity index (χ4n) is 3.15. The highest BCUT2D eigenvalue weighted by Crippen LogP contribution is 2.47. The molecule has 0 aliphatic carbocycles. The molecule has 0 aromatic carbocycles. The van der Waals surface area contributed by atoms with Gasteiger partial charge in [0.25, 0.3) is 0 Å². The van der Waals surface area contributed by atoms with Crippen LogP contribution in [0, 0.1) is 0 Å². The van der Waals surface area contributed by atoms with Gasteiger partial charge in [-0.3, -0.25) is 9.59 Å². The number of nitrogens with zero attached hydrogens (tertiary/aromatic N) is 1. The van der Waals surface area contributed by atoms with Gasteiger partial charge in [0.1, 0.15) is 6.04 Å². The monoisotopic (exact) mass is 300 g/mol. The summed E-state index contributed by atoms with van der Waals surface area (Å²) >= 11 is 3.71. The highest BCUT2D eigenvalue weighted by Gasteiger charge is 2.52. The topological polar surface area (TPSA) is 49.4 Å². The Kier molecular flexibility index (Phi) is 3.73. The third-order valence-corrected chi connectivity index (χ3v) is 6.87. The molecule has 2 atom stereocenters. The van der Waals surface area contributed by atoms with Crippen LogP contribution in [0.15, 0.2) is 0 Å². The van der Waals surface area contributed by atoms with Crippen LogP contribution in [-0.4, -0.2) is 50.9 Å². The molecule has 2 unspecified atom stereocenters. The number of carbonyl (C=O) groups excluding carboxylic acids is 2. The van der Waals surface area contributed by atoms with Crippen LogP contribution in [0.25, 0.3) is 0 Å². The van der Waals surface area contributed by atoms with E-state index in [1.165, 1.54) is 0 Å². The van der Waals surface area contributed by atoms with Crippen LogP contribution < -0.4 is 5.32 Å². The van der Waals surface area contributed by atoms with Crippen molar-refractivity contribution in [1.29, 1.82) is 0 Å². The fraction of sp³-hybridized carbons (Fsp3) is 0.846. The molecule has 0 radical (unpaired) electrons. The lowest BCUT2D eigenvalue weighted by Gasteiger charge is -2.31. The zero-order chi connectivity index (χ0) is 13.5. The first-order chi connectivity index (χ1) is 9.10. The number of carbonyl (C=O) groups is 2. The second-order valence-electron chi connectivity index (χ2n) is 5.66. The van der Waals surface area contributed by atoms with E-state index in [0.717, 1.165) is 36.5 Å². The number of fused-ring (bicyclic) bond motifs is 1. The van der Waals surface area contributed by atoms with Crippen molar-refractivity contribution in [1.82, 2.24) is 10.2 Å². The molecular weight excluding hydrogens is 280 g/mol. The summed E-state index contributed by atoms with van der Waals surface area (Å²) in [6, 6.07) is 0.0582. The maximum Gasteiger partial charge on any atom is 0.243 e. The average Bonchev–Trinajstić information content (AvgIpc) is 2.88. The van der Waals surface area contributed by atoms with Crippen molar-refractivity contribution < 1.29 is 9.59 Å². The van der Waals surface area contributed by atoms with E-state index >= 15 is 0 Å². The van der Waals surface area contributed by atoms with Gasteiger partial charge >= 0.3 is 0 Å². The van der Waals surface area contributed by atoms with E-state index in [-0.39, 0.29) is 22.7 Å². The van der Waals surface area contributed by atoms with E-state index in [4.69, 9.17) is 0 Å². The van der Waals surface area contributed by atoms with Crippen LogP contribution in [0.3, 0.4) is 0 Å². The lowest BCUT2D eigenvalue weighted by atomic mass is 10.1. The molecule has 106 valence electrons. The Morgan fingerprint density at radius 1 is 1.42 bits per heavy atom. The summed E-state index contributed by atoms with van der Waals surface area (Å²) in [6.07, 6.45) is 3.58. The lowest BCUT2D eigenvalue weighted by molar-refractivity contribution is -0.138. The third-order valence-electron chi connectivity index (χ3n) is 4.32. The number of rotatable bonds is 2. The molecule has 6 heteroatoms. The molecule has 0 saturated carbocycles. The Bertz CT molecular complexity index is 398. The molecule has 3 heterocycles. The van der Waals surface area contributed by atoms with Crippen molar-refractivity contribution in [3.8, 4) is 0 Å². The number of hydrogen-bond donors (Lipinski definition) is 1. The summed E-state index contributed by atoms with van der Waals surface area (Å²) in [6.45, 7) is 2.09. The Hall–Kier alpha value is -0.360. The van der Waals surface area contributed by atoms with Gasteiger partial charge in [0.05, 0.1) is 4.87 Å². The number of amides is 2. The lowest BCUT2D eigenvalue weighted by Crippen LogP contribution is -2.52. The van der Waals surface area contributed by atoms with E-state index in [1.54, 1.807) is 11.8 Å². The van der Waals surface area contributed by atoms with Crippen LogP contribution in [0.2, 0.25) is 0 Å². The van der Waals surface area contributed by atoms with Gasteiger partial charge in [-0.2, -0.15) is 11.8 Å². The zero-order valence-corrected chi connectivity index (χ0v) is 12.8. The smallest absolute Gasteiger partial charge is 0.243 e. The molecule has 3 rings (SSSR count). The van der Waals surface area contributed by atoms with Crippen LogP contribution in [0.4, 0.5) is 0 Å². The van der Waals surface area contributed by atoms with Gasteiger partial charge in [-0.05, 0) is 37.7 Å². The Morgan fingerprint density at radius 3 is 2.89 bits per heavy atom. The SMILES string of the molecule is CC12CCC(=O)N1C(C(=O)NC1CCSCC1)CS2. The molecule has 0 bridgehead atoms. The molecule has 0 spiro atoms. The normalized spacial score (nSPS) is 35.5. The van der Waals surface area contributed by atoms with E-state index in [1.807, 2.05) is 16.7 Å². The van der Waals surface area contributed by atoms with E-state index in [0.29, 0.717) is 12.5 Å². The molecule has 3 saturated heterocycles. The summed E-state index contributed by atoms with van der Waals surface area (Å²) < 4.78 is 0. The van der Waals surface area contributed by atoms with Crippen molar-refractivity contribution in [2.45, 2.75) is 49.6 Å². The van der Waals surface area contributed by atoms with Gasteiger partial charge in [-0.15, -0.1) is 11.8 Å². The molecular formula is C13H20N2O2S2. The van der Waals surface area contributed by atoms with Crippen molar-refractivity contribution >= 4 is 35.3 Å². The van der Waals surface area contributed by atoms with Crippen LogP contribution in [0.5, 0.6) is 0 Å². The zero-order valence-electron chi connectivity index (χ0n) is 11.2. The minimum Gasteiger partial charge on any atom is -0.351 e. The van der Waals surface area contributed by atoms with Crippen molar-refractivity contribution in [2.24, 2.45) is 0 Å². The second kappa shape index (κ2) is 5.20. The van der Waals surface area contributed by atoms with Crippen molar-refractivity contribution in [2.75, 3.05) is 17.3 Å². The summed E-state index contributed by atoms with van der Waals surface area (Å²) in [5, 5.41) is 3.15. The van der Waals surface area contributed by atoms with Crippen molar-refractivity contribution in [3.63, 3.8) is 0 Å². The molecule has 1 N–H and O–H groups in total. The molecule has 4 nitrogen and oxygen atoms in total.